The Morgan fingerprint density at radius 3 is 2.00 bits per heavy atom. The van der Waals surface area contributed by atoms with Gasteiger partial charge in [-0.25, -0.2) is 13.2 Å². The molecule has 0 atom stereocenters. The lowest BCUT2D eigenvalue weighted by Crippen LogP contribution is -2.14. The van der Waals surface area contributed by atoms with Crippen molar-refractivity contribution in [1.29, 1.82) is 0 Å². The first-order valence-electron chi connectivity index (χ1n) is 4.43. The molecule has 1 rings (SSSR count). The third-order valence-corrected chi connectivity index (χ3v) is 4.22. The fraction of sp³-hybridized carbons (Fsp3) is 0.300. The number of carbonyl (C=O) groups is 1. The number of hydrogen-bond donors (Lipinski definition) is 1. The summed E-state index contributed by atoms with van der Waals surface area (Å²) >= 11 is 0. The largest absolute Gasteiger partial charge is 0.478 e. The highest BCUT2D eigenvalue weighted by atomic mass is 32.2. The summed E-state index contributed by atoms with van der Waals surface area (Å²) in [4.78, 5) is 10.7. The fourth-order valence-corrected chi connectivity index (χ4v) is 2.12. The van der Waals surface area contributed by atoms with Gasteiger partial charge < -0.3 is 5.11 Å². The van der Waals surface area contributed by atoms with E-state index in [-0.39, 0.29) is 10.5 Å². The molecule has 4 nitrogen and oxygen atoms in total. The number of sulfone groups is 1. The first kappa shape index (κ1) is 11.7. The molecule has 0 heterocycles. The summed E-state index contributed by atoms with van der Waals surface area (Å²) < 4.78 is 23.3. The van der Waals surface area contributed by atoms with Crippen molar-refractivity contribution >= 4 is 15.8 Å². The molecule has 0 saturated heterocycles. The zero-order valence-electron chi connectivity index (χ0n) is 8.47. The Morgan fingerprint density at radius 2 is 1.67 bits per heavy atom. The summed E-state index contributed by atoms with van der Waals surface area (Å²) in [5, 5.41) is 8.13. The average Bonchev–Trinajstić information content (AvgIpc) is 2.17. The number of hydrogen-bond acceptors (Lipinski definition) is 3. The van der Waals surface area contributed by atoms with E-state index in [1.807, 2.05) is 0 Å². The third-order valence-electron chi connectivity index (χ3n) is 2.05. The summed E-state index contributed by atoms with van der Waals surface area (Å²) in [6.07, 6.45) is 0. The molecule has 15 heavy (non-hydrogen) atoms. The Morgan fingerprint density at radius 1 is 1.20 bits per heavy atom. The van der Waals surface area contributed by atoms with Gasteiger partial charge in [-0.05, 0) is 38.1 Å². The highest BCUT2D eigenvalue weighted by molar-refractivity contribution is 7.92. The van der Waals surface area contributed by atoms with Gasteiger partial charge in [0.1, 0.15) is 0 Å². The molecule has 1 aromatic carbocycles. The van der Waals surface area contributed by atoms with Crippen LogP contribution in [-0.2, 0) is 9.84 Å². The van der Waals surface area contributed by atoms with E-state index in [4.69, 9.17) is 5.11 Å². The molecule has 1 aromatic rings. The van der Waals surface area contributed by atoms with Crippen LogP contribution in [0.15, 0.2) is 29.2 Å². The van der Waals surface area contributed by atoms with Crippen LogP contribution in [0.5, 0.6) is 0 Å². The monoisotopic (exact) mass is 228 g/mol. The normalized spacial score (nSPS) is 11.7. The van der Waals surface area contributed by atoms with Crippen molar-refractivity contribution < 1.29 is 18.3 Å². The SMILES string of the molecule is CC(C)S(=O)(=O)c1ccc(C(=O)O)cc1. The maximum absolute atomic E-state index is 11.7. The quantitative estimate of drug-likeness (QED) is 0.852. The first-order valence-corrected chi connectivity index (χ1v) is 5.97. The molecule has 82 valence electrons. The van der Waals surface area contributed by atoms with Crippen LogP contribution in [0.4, 0.5) is 0 Å². The lowest BCUT2D eigenvalue weighted by Gasteiger charge is -2.07. The summed E-state index contributed by atoms with van der Waals surface area (Å²) in [5.74, 6) is -1.07. The molecule has 5 heteroatoms. The van der Waals surface area contributed by atoms with Crippen LogP contribution in [0.25, 0.3) is 0 Å². The molecule has 0 saturated carbocycles. The molecule has 0 fully saturated rings. The molecular formula is C10H12O4S. The van der Waals surface area contributed by atoms with Crippen molar-refractivity contribution in [1.82, 2.24) is 0 Å². The van der Waals surface area contributed by atoms with Crippen LogP contribution in [0.1, 0.15) is 24.2 Å². The van der Waals surface area contributed by atoms with Gasteiger partial charge >= 0.3 is 5.97 Å². The number of carboxylic acids is 1. The second-order valence-electron chi connectivity index (χ2n) is 3.42. The topological polar surface area (TPSA) is 71.4 Å². The van der Waals surface area contributed by atoms with Crippen molar-refractivity contribution in [3.8, 4) is 0 Å². The Hall–Kier alpha value is -1.36. The van der Waals surface area contributed by atoms with E-state index in [0.29, 0.717) is 0 Å². The number of carboxylic acid groups (broad SMARTS) is 1. The molecule has 1 N–H and O–H groups in total. The van der Waals surface area contributed by atoms with E-state index >= 15 is 0 Å². The van der Waals surface area contributed by atoms with Crippen molar-refractivity contribution in [2.24, 2.45) is 0 Å². The number of aromatic carboxylic acids is 1. The second-order valence-corrected chi connectivity index (χ2v) is 5.93. The molecular weight excluding hydrogens is 216 g/mol. The Bertz CT molecular complexity index is 457. The molecule has 0 spiro atoms. The van der Waals surface area contributed by atoms with Crippen LogP contribution >= 0.6 is 0 Å². The Labute approximate surface area is 88.5 Å². The third kappa shape index (κ3) is 2.36. The smallest absolute Gasteiger partial charge is 0.335 e. The summed E-state index contributed by atoms with van der Waals surface area (Å²) in [6.45, 7) is 3.17. The Balaban J connectivity index is 3.15. The lowest BCUT2D eigenvalue weighted by atomic mass is 10.2. The van der Waals surface area contributed by atoms with Gasteiger partial charge in [0.15, 0.2) is 9.84 Å². The molecule has 0 aliphatic heterocycles. The van der Waals surface area contributed by atoms with Gasteiger partial charge in [-0.15, -0.1) is 0 Å². The van der Waals surface area contributed by atoms with E-state index < -0.39 is 21.1 Å². The van der Waals surface area contributed by atoms with Gasteiger partial charge in [0, 0.05) is 0 Å². The first-order chi connectivity index (χ1) is 6.85. The van der Waals surface area contributed by atoms with Crippen molar-refractivity contribution in [3.63, 3.8) is 0 Å². The predicted octanol–water partition coefficient (Wildman–Crippen LogP) is 1.57. The van der Waals surface area contributed by atoms with Gasteiger partial charge in [-0.3, -0.25) is 0 Å². The highest BCUT2D eigenvalue weighted by Gasteiger charge is 2.19. The van der Waals surface area contributed by atoms with Crippen LogP contribution in [-0.4, -0.2) is 24.7 Å². The molecule has 0 bridgehead atoms. The van der Waals surface area contributed by atoms with E-state index in [0.717, 1.165) is 0 Å². The van der Waals surface area contributed by atoms with E-state index in [1.54, 1.807) is 13.8 Å². The van der Waals surface area contributed by atoms with E-state index in [2.05, 4.69) is 0 Å². The van der Waals surface area contributed by atoms with Crippen molar-refractivity contribution in [2.45, 2.75) is 24.0 Å². The fourth-order valence-electron chi connectivity index (χ4n) is 1.06. The molecule has 0 amide bonds. The van der Waals surface area contributed by atoms with Gasteiger partial charge in [0.25, 0.3) is 0 Å². The van der Waals surface area contributed by atoms with Crippen molar-refractivity contribution in [3.05, 3.63) is 29.8 Å². The van der Waals surface area contributed by atoms with Crippen molar-refractivity contribution in [2.75, 3.05) is 0 Å². The minimum atomic E-state index is -3.31. The molecule has 0 aliphatic carbocycles. The van der Waals surface area contributed by atoms with Gasteiger partial charge in [0.05, 0.1) is 15.7 Å². The minimum Gasteiger partial charge on any atom is -0.478 e. The predicted molar refractivity (Wildman–Crippen MR) is 55.7 cm³/mol. The van der Waals surface area contributed by atoms with Gasteiger partial charge in [-0.1, -0.05) is 0 Å². The maximum atomic E-state index is 11.7. The number of rotatable bonds is 3. The van der Waals surface area contributed by atoms with E-state index in [1.165, 1.54) is 24.3 Å². The van der Waals surface area contributed by atoms with Gasteiger partial charge in [-0.2, -0.15) is 0 Å². The molecule has 0 unspecified atom stereocenters. The summed E-state index contributed by atoms with van der Waals surface area (Å²) in [7, 11) is -3.31. The molecule has 0 radical (unpaired) electrons. The van der Waals surface area contributed by atoms with Crippen LogP contribution in [0.3, 0.4) is 0 Å². The summed E-state index contributed by atoms with van der Waals surface area (Å²) in [5.41, 5.74) is 0.0812. The van der Waals surface area contributed by atoms with E-state index in [9.17, 15) is 13.2 Å². The van der Waals surface area contributed by atoms with Crippen LogP contribution in [0.2, 0.25) is 0 Å². The zero-order valence-corrected chi connectivity index (χ0v) is 9.28. The second kappa shape index (κ2) is 4.02. The van der Waals surface area contributed by atoms with Crippen LogP contribution in [0, 0.1) is 0 Å². The standard InChI is InChI=1S/C10H12O4S/c1-7(2)15(13,14)9-5-3-8(4-6-9)10(11)12/h3-7H,1-2H3,(H,11,12). The molecule has 0 aliphatic rings. The van der Waals surface area contributed by atoms with Crippen LogP contribution < -0.4 is 0 Å². The summed E-state index contributed by atoms with van der Waals surface area (Å²) in [6, 6.07) is 5.22. The molecule has 0 aromatic heterocycles. The van der Waals surface area contributed by atoms with Gasteiger partial charge in [0.2, 0.25) is 0 Å². The minimum absolute atomic E-state index is 0.0812. The lowest BCUT2D eigenvalue weighted by molar-refractivity contribution is 0.0697. The maximum Gasteiger partial charge on any atom is 0.335 e. The Kier molecular flexibility index (Phi) is 3.14. The number of benzene rings is 1. The average molecular weight is 228 g/mol. The zero-order chi connectivity index (χ0) is 11.6. The highest BCUT2D eigenvalue weighted by Crippen LogP contribution is 2.16.